The third kappa shape index (κ3) is 11.9. The second-order valence-corrected chi connectivity index (χ2v) is 11.1. The molecule has 37 heavy (non-hydrogen) atoms. The molecule has 4 atom stereocenters. The van der Waals surface area contributed by atoms with E-state index in [-0.39, 0.29) is 60.8 Å². The Bertz CT molecular complexity index is 1030. The number of carbonyl (C=O) groups excluding carboxylic acids is 3. The number of rotatable bonds is 13. The van der Waals surface area contributed by atoms with E-state index in [0.717, 1.165) is 5.56 Å². The standard InChI is InChI=1S/C23H34ClN3O8S.Na/c1-14(2)11-18(27-23(31)35-10-4-6-15-5-3-7-17(24)12-15)21(29)26-19(22(30)36(32,33)34)13-16-8-9-25-20(16)28;/h3,5,7,12,14,16,18-19,22,30H,4,6,8-11,13H2,1-2H3,(H,25,28)(H,26,29)(H,27,31)(H,32,33,34);/q;+1/p-1/t16-,18-,19-,22?;/m0./s1. The molecule has 3 amide bonds. The SMILES string of the molecule is CC(C)C[C@H](NC(=O)OCCCc1cccc(Cl)c1)C(=O)N[C@@H](C[C@@H]1CCNC1=O)C(O)S(=O)(=O)[O-].[Na+]. The van der Waals surface area contributed by atoms with Gasteiger partial charge in [0.05, 0.1) is 12.6 Å². The second-order valence-electron chi connectivity index (χ2n) is 9.21. The quantitative estimate of drug-likeness (QED) is 0.123. The van der Waals surface area contributed by atoms with Gasteiger partial charge in [0, 0.05) is 17.5 Å². The molecule has 0 spiro atoms. The number of benzene rings is 1. The van der Waals surface area contributed by atoms with Gasteiger partial charge in [0.1, 0.15) is 16.2 Å². The number of hydrogen-bond acceptors (Lipinski definition) is 8. The zero-order chi connectivity index (χ0) is 26.9. The summed E-state index contributed by atoms with van der Waals surface area (Å²) in [5.74, 6) is -1.88. The van der Waals surface area contributed by atoms with Crippen molar-refractivity contribution in [2.45, 2.75) is 63.5 Å². The third-order valence-corrected chi connectivity index (χ3v) is 6.87. The van der Waals surface area contributed by atoms with Crippen molar-refractivity contribution in [2.75, 3.05) is 13.2 Å². The van der Waals surface area contributed by atoms with Gasteiger partial charge in [0.15, 0.2) is 5.44 Å². The Kier molecular flexibility index (Phi) is 14.4. The number of aliphatic hydroxyl groups excluding tert-OH is 1. The van der Waals surface area contributed by atoms with Crippen LogP contribution in [-0.4, -0.2) is 66.7 Å². The van der Waals surface area contributed by atoms with Crippen LogP contribution in [0.4, 0.5) is 4.79 Å². The molecule has 0 saturated carbocycles. The van der Waals surface area contributed by atoms with Crippen LogP contribution in [0.1, 0.15) is 45.1 Å². The predicted octanol–water partition coefficient (Wildman–Crippen LogP) is -1.71. The fraction of sp³-hybridized carbons (Fsp3) is 0.609. The number of carbonyl (C=O) groups is 3. The van der Waals surface area contributed by atoms with Crippen molar-refractivity contribution in [3.8, 4) is 0 Å². The van der Waals surface area contributed by atoms with Gasteiger partial charge in [0.2, 0.25) is 11.8 Å². The van der Waals surface area contributed by atoms with Crippen LogP contribution in [-0.2, 0) is 30.9 Å². The minimum absolute atomic E-state index is 0. The molecule has 1 fully saturated rings. The summed E-state index contributed by atoms with van der Waals surface area (Å²) in [6, 6.07) is 4.64. The van der Waals surface area contributed by atoms with Gasteiger partial charge in [-0.25, -0.2) is 13.2 Å². The molecule has 4 N–H and O–H groups in total. The van der Waals surface area contributed by atoms with Gasteiger partial charge < -0.3 is 30.3 Å². The van der Waals surface area contributed by atoms with Gasteiger partial charge in [0.25, 0.3) is 0 Å². The predicted molar refractivity (Wildman–Crippen MR) is 131 cm³/mol. The molecule has 1 aromatic carbocycles. The summed E-state index contributed by atoms with van der Waals surface area (Å²) >= 11 is 5.95. The van der Waals surface area contributed by atoms with Crippen LogP contribution in [0.2, 0.25) is 5.02 Å². The number of hydrogen-bond donors (Lipinski definition) is 4. The molecule has 1 heterocycles. The van der Waals surface area contributed by atoms with Crippen LogP contribution in [0, 0.1) is 11.8 Å². The van der Waals surface area contributed by atoms with Crippen molar-refractivity contribution in [1.82, 2.24) is 16.0 Å². The minimum atomic E-state index is -5.18. The van der Waals surface area contributed by atoms with E-state index >= 15 is 0 Å². The second kappa shape index (κ2) is 15.9. The maximum absolute atomic E-state index is 13.0. The first kappa shape index (κ1) is 33.6. The zero-order valence-corrected chi connectivity index (χ0v) is 24.8. The van der Waals surface area contributed by atoms with Crippen LogP contribution < -0.4 is 45.5 Å². The molecule has 0 aliphatic carbocycles. The molecule has 1 unspecified atom stereocenters. The van der Waals surface area contributed by atoms with Crippen molar-refractivity contribution >= 4 is 39.6 Å². The number of ether oxygens (including phenoxy) is 1. The van der Waals surface area contributed by atoms with E-state index in [4.69, 9.17) is 16.3 Å². The number of aryl methyl sites for hydroxylation is 1. The van der Waals surface area contributed by atoms with Crippen molar-refractivity contribution in [3.05, 3.63) is 34.9 Å². The number of amides is 3. The topological polar surface area (TPSA) is 174 Å². The molecule has 0 bridgehead atoms. The Balaban J connectivity index is 0.00000684. The molecule has 1 aliphatic heterocycles. The summed E-state index contributed by atoms with van der Waals surface area (Å²) in [7, 11) is -5.18. The van der Waals surface area contributed by atoms with E-state index in [1.807, 2.05) is 32.0 Å². The van der Waals surface area contributed by atoms with Gasteiger partial charge in [-0.3, -0.25) is 9.59 Å². The molecule has 0 radical (unpaired) electrons. The number of nitrogens with one attached hydrogen (secondary N) is 3. The minimum Gasteiger partial charge on any atom is -0.746 e. The average Bonchev–Trinajstić information content (AvgIpc) is 3.18. The van der Waals surface area contributed by atoms with Crippen molar-refractivity contribution in [2.24, 2.45) is 11.8 Å². The van der Waals surface area contributed by atoms with Gasteiger partial charge in [-0.1, -0.05) is 37.6 Å². The van der Waals surface area contributed by atoms with Crippen molar-refractivity contribution in [3.63, 3.8) is 0 Å². The normalized spacial score (nSPS) is 17.8. The molecular weight excluding hydrogens is 537 g/mol. The molecule has 1 aliphatic rings. The van der Waals surface area contributed by atoms with Crippen LogP contribution in [0.5, 0.6) is 0 Å². The van der Waals surface area contributed by atoms with Crippen molar-refractivity contribution in [1.29, 1.82) is 0 Å². The van der Waals surface area contributed by atoms with E-state index in [0.29, 0.717) is 30.8 Å². The molecule has 2 rings (SSSR count). The molecule has 0 aromatic heterocycles. The van der Waals surface area contributed by atoms with Crippen LogP contribution in [0.25, 0.3) is 0 Å². The summed E-state index contributed by atoms with van der Waals surface area (Å²) < 4.78 is 39.5. The van der Waals surface area contributed by atoms with Gasteiger partial charge in [-0.15, -0.1) is 0 Å². The Morgan fingerprint density at radius 2 is 2.00 bits per heavy atom. The molecule has 1 saturated heterocycles. The van der Waals surface area contributed by atoms with Crippen LogP contribution >= 0.6 is 11.6 Å². The fourth-order valence-corrected chi connectivity index (χ4v) is 4.72. The summed E-state index contributed by atoms with van der Waals surface area (Å²) in [6.07, 6.45) is 0.607. The molecule has 14 heteroatoms. The van der Waals surface area contributed by atoms with E-state index < -0.39 is 45.6 Å². The Morgan fingerprint density at radius 1 is 1.30 bits per heavy atom. The Labute approximate surface area is 244 Å². The largest absolute Gasteiger partial charge is 1.00 e. The summed E-state index contributed by atoms with van der Waals surface area (Å²) in [6.45, 7) is 4.08. The molecule has 1 aromatic rings. The number of aliphatic hydroxyl groups is 1. The van der Waals surface area contributed by atoms with E-state index in [9.17, 15) is 32.5 Å². The van der Waals surface area contributed by atoms with E-state index in [1.54, 1.807) is 6.07 Å². The third-order valence-electron chi connectivity index (χ3n) is 5.72. The zero-order valence-electron chi connectivity index (χ0n) is 21.2. The monoisotopic (exact) mass is 569 g/mol. The van der Waals surface area contributed by atoms with Gasteiger partial charge in [-0.2, -0.15) is 0 Å². The smallest absolute Gasteiger partial charge is 0.746 e. The molecular formula is C23H33ClN3NaO8S. The Morgan fingerprint density at radius 3 is 2.57 bits per heavy atom. The van der Waals surface area contributed by atoms with Gasteiger partial charge in [-0.05, 0) is 55.7 Å². The van der Waals surface area contributed by atoms with Crippen molar-refractivity contribution < 1.29 is 66.8 Å². The maximum atomic E-state index is 13.0. The van der Waals surface area contributed by atoms with Gasteiger partial charge >= 0.3 is 35.7 Å². The average molecular weight is 570 g/mol. The Hall–Kier alpha value is -1.41. The van der Waals surface area contributed by atoms with Crippen LogP contribution in [0.3, 0.4) is 0 Å². The number of halogens is 1. The summed E-state index contributed by atoms with van der Waals surface area (Å²) in [5.41, 5.74) is -1.47. The first-order valence-corrected chi connectivity index (χ1v) is 13.6. The molecule has 11 nitrogen and oxygen atoms in total. The molecule has 202 valence electrons. The van der Waals surface area contributed by atoms with Crippen LogP contribution in [0.15, 0.2) is 24.3 Å². The summed E-state index contributed by atoms with van der Waals surface area (Å²) in [4.78, 5) is 37.2. The number of alkyl carbamates (subject to hydrolysis) is 1. The first-order chi connectivity index (χ1) is 16.9. The maximum Gasteiger partial charge on any atom is 1.00 e. The van der Waals surface area contributed by atoms with E-state index in [1.165, 1.54) is 0 Å². The summed E-state index contributed by atoms with van der Waals surface area (Å²) in [5, 5.41) is 18.1. The fourth-order valence-electron chi connectivity index (χ4n) is 3.93. The first-order valence-electron chi connectivity index (χ1n) is 11.8. The van der Waals surface area contributed by atoms with E-state index in [2.05, 4.69) is 16.0 Å².